The summed E-state index contributed by atoms with van der Waals surface area (Å²) >= 11 is 0. The van der Waals surface area contributed by atoms with Crippen LogP contribution in [0.1, 0.15) is 25.7 Å². The second kappa shape index (κ2) is 5.56. The molecule has 2 amide bonds. The lowest BCUT2D eigenvalue weighted by atomic mass is 10.1. The first kappa shape index (κ1) is 13.8. The number of aliphatic hydroxyl groups is 1. The highest BCUT2D eigenvalue weighted by Crippen LogP contribution is 2.33. The molecule has 0 aromatic rings. The van der Waals surface area contributed by atoms with Gasteiger partial charge in [-0.3, -0.25) is 9.59 Å². The topological polar surface area (TPSA) is 107 Å². The summed E-state index contributed by atoms with van der Waals surface area (Å²) in [7, 11) is 0. The van der Waals surface area contributed by atoms with Crippen LogP contribution in [-0.2, 0) is 14.4 Å². The van der Waals surface area contributed by atoms with Gasteiger partial charge in [-0.15, -0.1) is 0 Å². The molecule has 1 aliphatic carbocycles. The van der Waals surface area contributed by atoms with Crippen LogP contribution in [0.2, 0.25) is 0 Å². The standard InChI is InChI=1S/C12H18N2O5/c15-6-8(12(18)19)13-10(16)9-2-1-5-14(9)11(17)7-3-4-7/h7-9,15H,1-6H2,(H,13,16)(H,18,19)/t8-,9?/m1/s1. The smallest absolute Gasteiger partial charge is 0.328 e. The predicted molar refractivity (Wildman–Crippen MR) is 64.1 cm³/mol. The second-order valence-corrected chi connectivity index (χ2v) is 5.05. The Morgan fingerprint density at radius 3 is 2.47 bits per heavy atom. The van der Waals surface area contributed by atoms with E-state index in [1.54, 1.807) is 4.90 Å². The number of likely N-dealkylation sites (tertiary alicyclic amines) is 1. The predicted octanol–water partition coefficient (Wildman–Crippen LogP) is -1.05. The van der Waals surface area contributed by atoms with Crippen molar-refractivity contribution in [1.29, 1.82) is 0 Å². The van der Waals surface area contributed by atoms with E-state index in [-0.39, 0.29) is 11.8 Å². The number of carbonyl (C=O) groups is 3. The zero-order valence-corrected chi connectivity index (χ0v) is 10.5. The molecule has 0 bridgehead atoms. The zero-order valence-electron chi connectivity index (χ0n) is 10.5. The molecule has 1 aliphatic heterocycles. The number of carbonyl (C=O) groups excluding carboxylic acids is 2. The van der Waals surface area contributed by atoms with Crippen LogP contribution in [0, 0.1) is 5.92 Å². The first-order valence-electron chi connectivity index (χ1n) is 6.49. The van der Waals surface area contributed by atoms with Gasteiger partial charge in [-0.2, -0.15) is 0 Å². The fourth-order valence-corrected chi connectivity index (χ4v) is 2.32. The fraction of sp³-hybridized carbons (Fsp3) is 0.750. The number of rotatable bonds is 5. The normalized spacial score (nSPS) is 24.1. The lowest BCUT2D eigenvalue weighted by Gasteiger charge is -2.25. The van der Waals surface area contributed by atoms with Crippen LogP contribution >= 0.6 is 0 Å². The maximum Gasteiger partial charge on any atom is 0.328 e. The first-order valence-corrected chi connectivity index (χ1v) is 6.49. The minimum absolute atomic E-state index is 0.00600. The Balaban J connectivity index is 1.97. The molecule has 2 aliphatic rings. The molecule has 1 heterocycles. The van der Waals surface area contributed by atoms with E-state index in [9.17, 15) is 14.4 Å². The molecule has 0 radical (unpaired) electrons. The number of hydrogen-bond donors (Lipinski definition) is 3. The molecule has 2 rings (SSSR count). The average Bonchev–Trinajstić information content (AvgIpc) is 3.11. The molecule has 3 N–H and O–H groups in total. The third kappa shape index (κ3) is 3.04. The SMILES string of the molecule is O=C(N[C@H](CO)C(=O)O)C1CCCN1C(=O)C1CC1. The maximum absolute atomic E-state index is 12.0. The van der Waals surface area contributed by atoms with Crippen molar-refractivity contribution < 1.29 is 24.6 Å². The molecule has 19 heavy (non-hydrogen) atoms. The quantitative estimate of drug-likeness (QED) is 0.591. The van der Waals surface area contributed by atoms with Gasteiger partial charge in [-0.1, -0.05) is 0 Å². The molecule has 0 aromatic carbocycles. The third-order valence-electron chi connectivity index (χ3n) is 3.56. The van der Waals surface area contributed by atoms with Crippen LogP contribution in [0.25, 0.3) is 0 Å². The largest absolute Gasteiger partial charge is 0.480 e. The van der Waals surface area contributed by atoms with E-state index >= 15 is 0 Å². The van der Waals surface area contributed by atoms with Gasteiger partial charge in [0.05, 0.1) is 6.61 Å². The molecule has 0 aromatic heterocycles. The van der Waals surface area contributed by atoms with E-state index < -0.39 is 30.6 Å². The summed E-state index contributed by atoms with van der Waals surface area (Å²) in [4.78, 5) is 36.3. The van der Waals surface area contributed by atoms with Gasteiger partial charge in [0.15, 0.2) is 0 Å². The Bertz CT molecular complexity index is 394. The molecule has 1 saturated heterocycles. The summed E-state index contributed by atoms with van der Waals surface area (Å²) in [6.07, 6.45) is 3.03. The van der Waals surface area contributed by atoms with Crippen LogP contribution in [0.3, 0.4) is 0 Å². The Morgan fingerprint density at radius 2 is 1.95 bits per heavy atom. The van der Waals surface area contributed by atoms with Crippen molar-refractivity contribution in [3.05, 3.63) is 0 Å². The van der Waals surface area contributed by atoms with E-state index in [4.69, 9.17) is 10.2 Å². The van der Waals surface area contributed by atoms with Crippen LogP contribution < -0.4 is 5.32 Å². The van der Waals surface area contributed by atoms with Crippen LogP contribution in [0.15, 0.2) is 0 Å². The van der Waals surface area contributed by atoms with Crippen molar-refractivity contribution in [3.8, 4) is 0 Å². The van der Waals surface area contributed by atoms with Gasteiger partial charge in [-0.25, -0.2) is 4.79 Å². The Labute approximate surface area is 110 Å². The molecule has 1 unspecified atom stereocenters. The minimum Gasteiger partial charge on any atom is -0.480 e. The summed E-state index contributed by atoms with van der Waals surface area (Å²) in [5.74, 6) is -1.74. The van der Waals surface area contributed by atoms with Crippen molar-refractivity contribution in [2.24, 2.45) is 5.92 Å². The summed E-state index contributed by atoms with van der Waals surface area (Å²) in [5.41, 5.74) is 0. The Hall–Kier alpha value is -1.63. The number of aliphatic carboxylic acids is 1. The van der Waals surface area contributed by atoms with E-state index in [1.807, 2.05) is 0 Å². The van der Waals surface area contributed by atoms with Gasteiger partial charge in [0.2, 0.25) is 11.8 Å². The van der Waals surface area contributed by atoms with E-state index in [2.05, 4.69) is 5.32 Å². The maximum atomic E-state index is 12.0. The van der Waals surface area contributed by atoms with Gasteiger partial charge in [0.25, 0.3) is 0 Å². The molecule has 2 fully saturated rings. The summed E-state index contributed by atoms with van der Waals surface area (Å²) in [5, 5.41) is 19.9. The van der Waals surface area contributed by atoms with Crippen molar-refractivity contribution in [2.75, 3.05) is 13.2 Å². The van der Waals surface area contributed by atoms with Crippen molar-refractivity contribution >= 4 is 17.8 Å². The molecular formula is C12H18N2O5. The number of aliphatic hydroxyl groups excluding tert-OH is 1. The van der Waals surface area contributed by atoms with Gasteiger partial charge in [0, 0.05) is 12.5 Å². The van der Waals surface area contributed by atoms with Crippen molar-refractivity contribution in [3.63, 3.8) is 0 Å². The van der Waals surface area contributed by atoms with Gasteiger partial charge >= 0.3 is 5.97 Å². The monoisotopic (exact) mass is 270 g/mol. The third-order valence-corrected chi connectivity index (χ3v) is 3.56. The van der Waals surface area contributed by atoms with Gasteiger partial charge < -0.3 is 20.4 Å². The number of nitrogens with zero attached hydrogens (tertiary/aromatic N) is 1. The lowest BCUT2D eigenvalue weighted by Crippen LogP contribution is -2.52. The second-order valence-electron chi connectivity index (χ2n) is 5.05. The number of carboxylic acids is 1. The molecular weight excluding hydrogens is 252 g/mol. The van der Waals surface area contributed by atoms with E-state index in [0.717, 1.165) is 19.3 Å². The van der Waals surface area contributed by atoms with Gasteiger partial charge in [0.1, 0.15) is 12.1 Å². The number of nitrogens with one attached hydrogen (secondary N) is 1. The number of hydrogen-bond acceptors (Lipinski definition) is 4. The highest BCUT2D eigenvalue weighted by molar-refractivity contribution is 5.92. The zero-order chi connectivity index (χ0) is 14.0. The van der Waals surface area contributed by atoms with Crippen molar-refractivity contribution in [1.82, 2.24) is 10.2 Å². The van der Waals surface area contributed by atoms with Crippen LogP contribution in [0.5, 0.6) is 0 Å². The summed E-state index contributed by atoms with van der Waals surface area (Å²) in [6.45, 7) is -0.116. The van der Waals surface area contributed by atoms with Crippen molar-refractivity contribution in [2.45, 2.75) is 37.8 Å². The Morgan fingerprint density at radius 1 is 1.26 bits per heavy atom. The molecule has 7 heteroatoms. The number of amides is 2. The number of carboxylic acid groups (broad SMARTS) is 1. The minimum atomic E-state index is -1.31. The lowest BCUT2D eigenvalue weighted by molar-refractivity contribution is -0.145. The van der Waals surface area contributed by atoms with Crippen LogP contribution in [-0.4, -0.2) is 58.1 Å². The van der Waals surface area contributed by atoms with Crippen LogP contribution in [0.4, 0.5) is 0 Å². The molecule has 1 saturated carbocycles. The summed E-state index contributed by atoms with van der Waals surface area (Å²) < 4.78 is 0. The molecule has 7 nitrogen and oxygen atoms in total. The average molecular weight is 270 g/mol. The fourth-order valence-electron chi connectivity index (χ4n) is 2.32. The molecule has 106 valence electrons. The molecule has 2 atom stereocenters. The van der Waals surface area contributed by atoms with Gasteiger partial charge in [-0.05, 0) is 25.7 Å². The van der Waals surface area contributed by atoms with E-state index in [0.29, 0.717) is 13.0 Å². The summed E-state index contributed by atoms with van der Waals surface area (Å²) in [6, 6.07) is -1.91. The Kier molecular flexibility index (Phi) is 4.04. The highest BCUT2D eigenvalue weighted by atomic mass is 16.4. The van der Waals surface area contributed by atoms with E-state index in [1.165, 1.54) is 0 Å². The molecule has 0 spiro atoms. The highest BCUT2D eigenvalue weighted by Gasteiger charge is 2.41. The first-order chi connectivity index (χ1) is 9.04.